The second-order valence-corrected chi connectivity index (χ2v) is 5.37. The van der Waals surface area contributed by atoms with E-state index in [1.165, 1.54) is 11.1 Å². The SMILES string of the molecule is Cc1ccc(C(C)N(C)C(=O)C(C)CCCN)cc1. The van der Waals surface area contributed by atoms with Gasteiger partial charge < -0.3 is 10.6 Å². The first-order valence-electron chi connectivity index (χ1n) is 7.00. The number of aryl methyl sites for hydroxylation is 1. The van der Waals surface area contributed by atoms with Crippen LogP contribution in [-0.4, -0.2) is 24.4 Å². The number of amides is 1. The summed E-state index contributed by atoms with van der Waals surface area (Å²) in [4.78, 5) is 14.2. The number of hydrogen-bond acceptors (Lipinski definition) is 2. The van der Waals surface area contributed by atoms with E-state index in [1.54, 1.807) is 0 Å². The number of carbonyl (C=O) groups excluding carboxylic acids is 1. The Morgan fingerprint density at radius 1 is 1.26 bits per heavy atom. The highest BCUT2D eigenvalue weighted by molar-refractivity contribution is 5.78. The van der Waals surface area contributed by atoms with Crippen LogP contribution in [0.15, 0.2) is 24.3 Å². The van der Waals surface area contributed by atoms with E-state index in [1.807, 2.05) is 18.9 Å². The topological polar surface area (TPSA) is 46.3 Å². The molecule has 0 fully saturated rings. The maximum atomic E-state index is 12.3. The molecule has 0 bridgehead atoms. The van der Waals surface area contributed by atoms with E-state index in [4.69, 9.17) is 5.73 Å². The maximum Gasteiger partial charge on any atom is 0.225 e. The van der Waals surface area contributed by atoms with Crippen molar-refractivity contribution in [2.45, 2.75) is 39.7 Å². The van der Waals surface area contributed by atoms with Gasteiger partial charge in [0.05, 0.1) is 6.04 Å². The average molecular weight is 262 g/mol. The van der Waals surface area contributed by atoms with Gasteiger partial charge >= 0.3 is 0 Å². The van der Waals surface area contributed by atoms with Gasteiger partial charge in [-0.15, -0.1) is 0 Å². The summed E-state index contributed by atoms with van der Waals surface area (Å²) >= 11 is 0. The third kappa shape index (κ3) is 4.35. The first kappa shape index (κ1) is 15.7. The van der Waals surface area contributed by atoms with Crippen molar-refractivity contribution >= 4 is 5.91 Å². The van der Waals surface area contributed by atoms with Crippen molar-refractivity contribution in [2.75, 3.05) is 13.6 Å². The van der Waals surface area contributed by atoms with Crippen LogP contribution in [-0.2, 0) is 4.79 Å². The van der Waals surface area contributed by atoms with Gasteiger partial charge in [0.15, 0.2) is 0 Å². The summed E-state index contributed by atoms with van der Waals surface area (Å²) in [6, 6.07) is 8.46. The fraction of sp³-hybridized carbons (Fsp3) is 0.562. The van der Waals surface area contributed by atoms with Crippen molar-refractivity contribution in [1.29, 1.82) is 0 Å². The fourth-order valence-electron chi connectivity index (χ4n) is 2.15. The van der Waals surface area contributed by atoms with E-state index < -0.39 is 0 Å². The van der Waals surface area contributed by atoms with Crippen molar-refractivity contribution in [2.24, 2.45) is 11.7 Å². The first-order chi connectivity index (χ1) is 8.97. The molecule has 0 aliphatic heterocycles. The van der Waals surface area contributed by atoms with Gasteiger partial charge in [-0.05, 0) is 38.8 Å². The lowest BCUT2D eigenvalue weighted by Gasteiger charge is -2.28. The molecule has 2 N–H and O–H groups in total. The van der Waals surface area contributed by atoms with Gasteiger partial charge in [-0.25, -0.2) is 0 Å². The molecule has 0 aliphatic rings. The molecule has 0 saturated heterocycles. The summed E-state index contributed by atoms with van der Waals surface area (Å²) < 4.78 is 0. The Bertz CT molecular complexity index is 400. The third-order valence-electron chi connectivity index (χ3n) is 3.75. The predicted molar refractivity (Wildman–Crippen MR) is 79.8 cm³/mol. The van der Waals surface area contributed by atoms with Crippen LogP contribution in [0.2, 0.25) is 0 Å². The van der Waals surface area contributed by atoms with E-state index in [9.17, 15) is 4.79 Å². The van der Waals surface area contributed by atoms with Gasteiger partial charge in [0.1, 0.15) is 0 Å². The minimum absolute atomic E-state index is 0.0430. The lowest BCUT2D eigenvalue weighted by atomic mass is 10.0. The van der Waals surface area contributed by atoms with Gasteiger partial charge in [-0.1, -0.05) is 36.8 Å². The zero-order chi connectivity index (χ0) is 14.4. The zero-order valence-corrected chi connectivity index (χ0v) is 12.5. The van der Waals surface area contributed by atoms with Gasteiger partial charge in [-0.2, -0.15) is 0 Å². The Morgan fingerprint density at radius 3 is 2.37 bits per heavy atom. The average Bonchev–Trinajstić information content (AvgIpc) is 2.43. The Kier molecular flexibility index (Phi) is 6.03. The van der Waals surface area contributed by atoms with Crippen LogP contribution in [0.5, 0.6) is 0 Å². The standard InChI is InChI=1S/C16H26N2O/c1-12-7-9-15(10-8-12)14(3)18(4)16(19)13(2)6-5-11-17/h7-10,13-14H,5-6,11,17H2,1-4H3. The molecule has 2 atom stereocenters. The van der Waals surface area contributed by atoms with Crippen LogP contribution in [0, 0.1) is 12.8 Å². The molecule has 3 nitrogen and oxygen atoms in total. The Labute approximate surface area is 116 Å². The molecule has 1 amide bonds. The van der Waals surface area contributed by atoms with Crippen LogP contribution >= 0.6 is 0 Å². The lowest BCUT2D eigenvalue weighted by molar-refractivity contribution is -0.135. The van der Waals surface area contributed by atoms with Crippen LogP contribution < -0.4 is 5.73 Å². The minimum Gasteiger partial charge on any atom is -0.339 e. The van der Waals surface area contributed by atoms with Crippen molar-refractivity contribution in [1.82, 2.24) is 4.90 Å². The minimum atomic E-state index is 0.0430. The number of benzene rings is 1. The van der Waals surface area contributed by atoms with Crippen molar-refractivity contribution in [3.05, 3.63) is 35.4 Å². The molecule has 106 valence electrons. The summed E-state index contributed by atoms with van der Waals surface area (Å²) in [6.07, 6.45) is 1.76. The Hall–Kier alpha value is -1.35. The number of carbonyl (C=O) groups is 1. The summed E-state index contributed by atoms with van der Waals surface area (Å²) in [5, 5.41) is 0. The molecule has 19 heavy (non-hydrogen) atoms. The van der Waals surface area contributed by atoms with Gasteiger partial charge in [-0.3, -0.25) is 4.79 Å². The number of nitrogens with zero attached hydrogens (tertiary/aromatic N) is 1. The monoisotopic (exact) mass is 262 g/mol. The second kappa shape index (κ2) is 7.29. The predicted octanol–water partition coefficient (Wildman–Crippen LogP) is 2.89. The van der Waals surface area contributed by atoms with Crippen LogP contribution in [0.4, 0.5) is 0 Å². The van der Waals surface area contributed by atoms with Gasteiger partial charge in [0.25, 0.3) is 0 Å². The summed E-state index contributed by atoms with van der Waals surface area (Å²) in [6.45, 7) is 6.77. The molecule has 2 unspecified atom stereocenters. The quantitative estimate of drug-likeness (QED) is 0.857. The van der Waals surface area contributed by atoms with E-state index >= 15 is 0 Å². The lowest BCUT2D eigenvalue weighted by Crippen LogP contribution is -2.34. The highest BCUT2D eigenvalue weighted by Crippen LogP contribution is 2.22. The summed E-state index contributed by atoms with van der Waals surface area (Å²) in [5.74, 6) is 0.239. The molecule has 3 heteroatoms. The highest BCUT2D eigenvalue weighted by Gasteiger charge is 2.21. The second-order valence-electron chi connectivity index (χ2n) is 5.37. The molecule has 0 radical (unpaired) electrons. The van der Waals surface area contributed by atoms with E-state index in [-0.39, 0.29) is 17.9 Å². The van der Waals surface area contributed by atoms with Crippen molar-refractivity contribution in [3.8, 4) is 0 Å². The number of rotatable bonds is 6. The molecular weight excluding hydrogens is 236 g/mol. The third-order valence-corrected chi connectivity index (χ3v) is 3.75. The number of hydrogen-bond donors (Lipinski definition) is 1. The maximum absolute atomic E-state index is 12.3. The molecule has 0 saturated carbocycles. The largest absolute Gasteiger partial charge is 0.339 e. The van der Waals surface area contributed by atoms with E-state index in [0.29, 0.717) is 6.54 Å². The summed E-state index contributed by atoms with van der Waals surface area (Å²) in [5.41, 5.74) is 7.90. The molecular formula is C16H26N2O. The molecule has 0 aliphatic carbocycles. The zero-order valence-electron chi connectivity index (χ0n) is 12.5. The summed E-state index contributed by atoms with van der Waals surface area (Å²) in [7, 11) is 1.88. The van der Waals surface area contributed by atoms with Gasteiger partial charge in [0.2, 0.25) is 5.91 Å². The smallest absolute Gasteiger partial charge is 0.225 e. The number of nitrogens with two attached hydrogens (primary N) is 1. The highest BCUT2D eigenvalue weighted by atomic mass is 16.2. The van der Waals surface area contributed by atoms with Crippen LogP contribution in [0.25, 0.3) is 0 Å². The normalized spacial score (nSPS) is 13.9. The van der Waals surface area contributed by atoms with Crippen LogP contribution in [0.3, 0.4) is 0 Å². The molecule has 0 heterocycles. The Balaban J connectivity index is 2.67. The first-order valence-corrected chi connectivity index (χ1v) is 7.00. The molecule has 1 rings (SSSR count). The molecule has 0 aromatic heterocycles. The van der Waals surface area contributed by atoms with E-state index in [2.05, 4.69) is 38.1 Å². The fourth-order valence-corrected chi connectivity index (χ4v) is 2.15. The molecule has 0 spiro atoms. The van der Waals surface area contributed by atoms with Crippen molar-refractivity contribution < 1.29 is 4.79 Å². The van der Waals surface area contributed by atoms with Gasteiger partial charge in [0, 0.05) is 13.0 Å². The molecule has 1 aromatic rings. The van der Waals surface area contributed by atoms with E-state index in [0.717, 1.165) is 12.8 Å². The van der Waals surface area contributed by atoms with Crippen LogP contribution in [0.1, 0.15) is 43.9 Å². The van der Waals surface area contributed by atoms with Crippen molar-refractivity contribution in [3.63, 3.8) is 0 Å². The molecule has 1 aromatic carbocycles. The Morgan fingerprint density at radius 2 is 1.84 bits per heavy atom.